The average molecular weight is 377 g/mol. The first-order valence-corrected chi connectivity index (χ1v) is 9.56. The summed E-state index contributed by atoms with van der Waals surface area (Å²) in [6, 6.07) is 6.04. The molecule has 0 atom stereocenters. The third-order valence-electron chi connectivity index (χ3n) is 4.10. The number of methoxy groups -OCH3 is 2. The molecule has 142 valence electrons. The van der Waals surface area contributed by atoms with Gasteiger partial charge in [0.15, 0.2) is 17.5 Å². The number of guanidine groups is 1. The van der Waals surface area contributed by atoms with Crippen LogP contribution in [0.25, 0.3) is 0 Å². The molecule has 0 aliphatic rings. The van der Waals surface area contributed by atoms with Gasteiger partial charge in [0, 0.05) is 25.0 Å². The number of likely N-dealkylation sites (N-methyl/N-ethyl adjacent to an activating group) is 1. The summed E-state index contributed by atoms with van der Waals surface area (Å²) in [6.07, 6.45) is 0.890. The lowest BCUT2D eigenvalue weighted by molar-refractivity contribution is 0.354. The van der Waals surface area contributed by atoms with Crippen LogP contribution in [0.3, 0.4) is 0 Å². The minimum absolute atomic E-state index is 0.652. The lowest BCUT2D eigenvalue weighted by Crippen LogP contribution is -2.39. The van der Waals surface area contributed by atoms with Gasteiger partial charge >= 0.3 is 0 Å². The Kier molecular flexibility index (Phi) is 7.72. The highest BCUT2D eigenvalue weighted by atomic mass is 32.1. The first kappa shape index (κ1) is 20.0. The minimum atomic E-state index is 0.652. The lowest BCUT2D eigenvalue weighted by atomic mass is 10.1. The Bertz CT molecular complexity index is 730. The molecule has 1 N–H and O–H groups in total. The van der Waals surface area contributed by atoms with E-state index >= 15 is 0 Å². The van der Waals surface area contributed by atoms with E-state index in [0.717, 1.165) is 42.7 Å². The number of nitrogens with zero attached hydrogens (tertiary/aromatic N) is 3. The molecule has 2 aromatic rings. The third kappa shape index (κ3) is 5.36. The van der Waals surface area contributed by atoms with Crippen molar-refractivity contribution in [3.63, 3.8) is 0 Å². The van der Waals surface area contributed by atoms with Crippen molar-refractivity contribution in [3.8, 4) is 11.5 Å². The normalized spacial score (nSPS) is 11.3. The van der Waals surface area contributed by atoms with Gasteiger partial charge in [-0.25, -0.2) is 9.98 Å². The number of nitrogens with one attached hydrogen (secondary N) is 1. The van der Waals surface area contributed by atoms with Gasteiger partial charge in [0.05, 0.1) is 32.0 Å². The van der Waals surface area contributed by atoms with Gasteiger partial charge in [-0.2, -0.15) is 0 Å². The summed E-state index contributed by atoms with van der Waals surface area (Å²) in [5, 5.41) is 3.36. The molecule has 0 aliphatic carbocycles. The van der Waals surface area contributed by atoms with Gasteiger partial charge < -0.3 is 19.7 Å². The Morgan fingerprint density at radius 1 is 1.27 bits per heavy atom. The maximum Gasteiger partial charge on any atom is 0.194 e. The molecule has 0 radical (unpaired) electrons. The van der Waals surface area contributed by atoms with Crippen molar-refractivity contribution >= 4 is 17.3 Å². The molecule has 0 saturated carbocycles. The highest BCUT2D eigenvalue weighted by Crippen LogP contribution is 2.27. The summed E-state index contributed by atoms with van der Waals surface area (Å²) >= 11 is 1.65. The number of aliphatic imine (C=N–C) groups is 1. The van der Waals surface area contributed by atoms with E-state index in [-0.39, 0.29) is 0 Å². The zero-order valence-corrected chi connectivity index (χ0v) is 17.0. The van der Waals surface area contributed by atoms with Crippen LogP contribution in [0.5, 0.6) is 11.5 Å². The Balaban J connectivity index is 2.01. The van der Waals surface area contributed by atoms with E-state index in [4.69, 9.17) is 14.5 Å². The van der Waals surface area contributed by atoms with Crippen LogP contribution in [0.2, 0.25) is 0 Å². The van der Waals surface area contributed by atoms with E-state index in [0.29, 0.717) is 6.54 Å². The minimum Gasteiger partial charge on any atom is -0.493 e. The first-order chi connectivity index (χ1) is 12.6. The molecular formula is C19H28N4O2S. The fourth-order valence-electron chi connectivity index (χ4n) is 2.53. The fourth-order valence-corrected chi connectivity index (χ4v) is 3.23. The fraction of sp³-hybridized carbons (Fsp3) is 0.474. The van der Waals surface area contributed by atoms with E-state index in [9.17, 15) is 0 Å². The van der Waals surface area contributed by atoms with Crippen LogP contribution in [-0.2, 0) is 13.0 Å². The van der Waals surface area contributed by atoms with Gasteiger partial charge in [0.25, 0.3) is 0 Å². The molecule has 0 unspecified atom stereocenters. The second-order valence-electron chi connectivity index (χ2n) is 5.89. The second-order valence-corrected chi connectivity index (χ2v) is 6.83. The van der Waals surface area contributed by atoms with Crippen molar-refractivity contribution in [1.82, 2.24) is 15.2 Å². The SMILES string of the molecule is CCNC(=NCc1scnc1C)N(C)CCc1ccc(OC)c(OC)c1. The van der Waals surface area contributed by atoms with Crippen LogP contribution in [0.1, 0.15) is 23.1 Å². The summed E-state index contributed by atoms with van der Waals surface area (Å²) in [5.74, 6) is 2.41. The summed E-state index contributed by atoms with van der Waals surface area (Å²) in [6.45, 7) is 6.44. The topological polar surface area (TPSA) is 59.0 Å². The van der Waals surface area contributed by atoms with E-state index in [1.807, 2.05) is 24.6 Å². The van der Waals surface area contributed by atoms with E-state index in [1.54, 1.807) is 25.6 Å². The Hall–Kier alpha value is -2.28. The first-order valence-electron chi connectivity index (χ1n) is 8.68. The van der Waals surface area contributed by atoms with Crippen molar-refractivity contribution in [2.24, 2.45) is 4.99 Å². The van der Waals surface area contributed by atoms with Gasteiger partial charge in [-0.1, -0.05) is 6.07 Å². The molecule has 0 spiro atoms. The zero-order chi connectivity index (χ0) is 18.9. The number of thiazole rings is 1. The predicted octanol–water partition coefficient (Wildman–Crippen LogP) is 3.11. The third-order valence-corrected chi connectivity index (χ3v) is 5.02. The van der Waals surface area contributed by atoms with E-state index in [2.05, 4.69) is 35.2 Å². The molecule has 1 heterocycles. The molecule has 26 heavy (non-hydrogen) atoms. The van der Waals surface area contributed by atoms with E-state index in [1.165, 1.54) is 10.4 Å². The molecular weight excluding hydrogens is 348 g/mol. The average Bonchev–Trinajstić information content (AvgIpc) is 3.07. The molecule has 1 aromatic carbocycles. The number of benzene rings is 1. The highest BCUT2D eigenvalue weighted by Gasteiger charge is 2.09. The Morgan fingerprint density at radius 3 is 2.65 bits per heavy atom. The van der Waals surface area contributed by atoms with Gasteiger partial charge in [-0.05, 0) is 38.0 Å². The van der Waals surface area contributed by atoms with Gasteiger partial charge in [0.1, 0.15) is 0 Å². The van der Waals surface area contributed by atoms with Crippen molar-refractivity contribution in [1.29, 1.82) is 0 Å². The summed E-state index contributed by atoms with van der Waals surface area (Å²) in [5.41, 5.74) is 4.12. The maximum absolute atomic E-state index is 5.38. The van der Waals surface area contributed by atoms with Crippen molar-refractivity contribution in [2.75, 3.05) is 34.4 Å². The quantitative estimate of drug-likeness (QED) is 0.567. The van der Waals surface area contributed by atoms with Crippen LogP contribution < -0.4 is 14.8 Å². The Morgan fingerprint density at radius 2 is 2.04 bits per heavy atom. The second kappa shape index (κ2) is 10.0. The molecule has 0 fully saturated rings. The monoisotopic (exact) mass is 376 g/mol. The van der Waals surface area contributed by atoms with E-state index < -0.39 is 0 Å². The van der Waals surface area contributed by atoms with Crippen molar-refractivity contribution in [3.05, 3.63) is 39.8 Å². The van der Waals surface area contributed by atoms with Gasteiger partial charge in [-0.15, -0.1) is 11.3 Å². The largest absolute Gasteiger partial charge is 0.493 e. The van der Waals surface area contributed by atoms with Crippen LogP contribution in [-0.4, -0.2) is 50.2 Å². The van der Waals surface area contributed by atoms with Gasteiger partial charge in [-0.3, -0.25) is 0 Å². The number of aromatic nitrogens is 1. The molecule has 0 aliphatic heterocycles. The lowest BCUT2D eigenvalue weighted by Gasteiger charge is -2.22. The predicted molar refractivity (Wildman–Crippen MR) is 108 cm³/mol. The maximum atomic E-state index is 5.38. The number of hydrogen-bond donors (Lipinski definition) is 1. The zero-order valence-electron chi connectivity index (χ0n) is 16.2. The summed E-state index contributed by atoms with van der Waals surface area (Å²) < 4.78 is 10.7. The number of rotatable bonds is 8. The molecule has 0 amide bonds. The molecule has 2 rings (SSSR count). The van der Waals surface area contributed by atoms with Crippen LogP contribution in [0.4, 0.5) is 0 Å². The molecule has 0 bridgehead atoms. The van der Waals surface area contributed by atoms with Gasteiger partial charge in [0.2, 0.25) is 0 Å². The molecule has 1 aromatic heterocycles. The molecule has 0 saturated heterocycles. The van der Waals surface area contributed by atoms with Crippen LogP contribution in [0, 0.1) is 6.92 Å². The van der Waals surface area contributed by atoms with Crippen LogP contribution >= 0.6 is 11.3 Å². The standard InChI is InChI=1S/C19H28N4O2S/c1-6-20-19(21-12-18-14(2)22-13-26-18)23(3)10-9-15-7-8-16(24-4)17(11-15)25-5/h7-8,11,13H,6,9-10,12H2,1-5H3,(H,20,21). The molecule has 6 nitrogen and oxygen atoms in total. The Labute approximate surface area is 159 Å². The summed E-state index contributed by atoms with van der Waals surface area (Å²) in [7, 11) is 5.36. The highest BCUT2D eigenvalue weighted by molar-refractivity contribution is 7.09. The smallest absolute Gasteiger partial charge is 0.194 e. The number of ether oxygens (including phenoxy) is 2. The number of aryl methyl sites for hydroxylation is 1. The molecule has 7 heteroatoms. The number of hydrogen-bond acceptors (Lipinski definition) is 5. The summed E-state index contributed by atoms with van der Waals surface area (Å²) in [4.78, 5) is 12.4. The van der Waals surface area contributed by atoms with Crippen molar-refractivity contribution < 1.29 is 9.47 Å². The van der Waals surface area contributed by atoms with Crippen molar-refractivity contribution in [2.45, 2.75) is 26.8 Å². The van der Waals surface area contributed by atoms with Crippen LogP contribution in [0.15, 0.2) is 28.7 Å².